The van der Waals surface area contributed by atoms with E-state index in [9.17, 15) is 4.39 Å². The first kappa shape index (κ1) is 11.9. The molecule has 0 aliphatic heterocycles. The van der Waals surface area contributed by atoms with E-state index in [-0.39, 0.29) is 17.4 Å². The molecule has 0 atom stereocenters. The average Bonchev–Trinajstić information content (AvgIpc) is 2.13. The Morgan fingerprint density at radius 1 is 1.47 bits per heavy atom. The highest BCUT2D eigenvalue weighted by atomic mass is 35.5. The van der Waals surface area contributed by atoms with Crippen molar-refractivity contribution in [2.24, 2.45) is 10.7 Å². The van der Waals surface area contributed by atoms with E-state index in [4.69, 9.17) is 34.3 Å². The van der Waals surface area contributed by atoms with Crippen molar-refractivity contribution in [3.8, 4) is 0 Å². The molecule has 6 heteroatoms. The van der Waals surface area contributed by atoms with Gasteiger partial charge in [-0.3, -0.25) is 10.4 Å². The largest absolute Gasteiger partial charge is 0.386 e. The molecule has 15 heavy (non-hydrogen) atoms. The predicted molar refractivity (Wildman–Crippen MR) is 60.8 cm³/mol. The highest BCUT2D eigenvalue weighted by Crippen LogP contribution is 2.22. The maximum atomic E-state index is 13.0. The minimum absolute atomic E-state index is 0.0382. The minimum Gasteiger partial charge on any atom is -0.386 e. The van der Waals surface area contributed by atoms with Crippen LogP contribution in [0.15, 0.2) is 17.1 Å². The van der Waals surface area contributed by atoms with Crippen LogP contribution in [-0.2, 0) is 0 Å². The lowest BCUT2D eigenvalue weighted by atomic mass is 10.2. The molecule has 0 spiro atoms. The van der Waals surface area contributed by atoms with E-state index in [1.54, 1.807) is 0 Å². The fourth-order valence-corrected chi connectivity index (χ4v) is 1.31. The van der Waals surface area contributed by atoms with Crippen LogP contribution in [0.3, 0.4) is 0 Å². The van der Waals surface area contributed by atoms with Crippen LogP contribution < -0.4 is 5.73 Å². The van der Waals surface area contributed by atoms with Gasteiger partial charge >= 0.3 is 0 Å². The van der Waals surface area contributed by atoms with Crippen molar-refractivity contribution >= 4 is 35.3 Å². The van der Waals surface area contributed by atoms with Crippen molar-refractivity contribution in [1.29, 1.82) is 5.41 Å². The smallest absolute Gasteiger partial charge is 0.142 e. The molecule has 0 radical (unpaired) electrons. The summed E-state index contributed by atoms with van der Waals surface area (Å²) in [6.45, 7) is 0.0561. The van der Waals surface area contributed by atoms with Gasteiger partial charge in [0.05, 0.1) is 16.6 Å². The van der Waals surface area contributed by atoms with Gasteiger partial charge in [0.2, 0.25) is 0 Å². The third-order valence-electron chi connectivity index (χ3n) is 1.53. The van der Waals surface area contributed by atoms with Gasteiger partial charge in [-0.1, -0.05) is 23.2 Å². The van der Waals surface area contributed by atoms with Crippen LogP contribution in [0.2, 0.25) is 10.0 Å². The number of hydrogen-bond donors (Lipinski definition) is 2. The number of aliphatic imine (C=N–C) groups is 1. The second-order valence-electron chi connectivity index (χ2n) is 2.78. The Morgan fingerprint density at radius 2 is 2.13 bits per heavy atom. The lowest BCUT2D eigenvalue weighted by Gasteiger charge is -2.00. The Morgan fingerprint density at radius 3 is 2.73 bits per heavy atom. The number of nitrogens with two attached hydrogens (primary N) is 1. The molecule has 0 fully saturated rings. The van der Waals surface area contributed by atoms with Crippen LogP contribution in [0.1, 0.15) is 5.56 Å². The molecule has 0 amide bonds. The van der Waals surface area contributed by atoms with Crippen molar-refractivity contribution < 1.29 is 4.39 Å². The standard InChI is InChI=1S/C9H8Cl2FN3/c10-6-2-7(11)8(12)1-5(6)3-15-4-9(13)14/h1-3H,4H2,(H3,13,14). The molecule has 1 aromatic rings. The summed E-state index contributed by atoms with van der Waals surface area (Å²) >= 11 is 11.3. The third-order valence-corrected chi connectivity index (χ3v) is 2.15. The highest BCUT2D eigenvalue weighted by molar-refractivity contribution is 6.36. The summed E-state index contributed by atoms with van der Waals surface area (Å²) in [4.78, 5) is 3.80. The summed E-state index contributed by atoms with van der Waals surface area (Å²) in [7, 11) is 0. The molecular formula is C9H8Cl2FN3. The summed E-state index contributed by atoms with van der Waals surface area (Å²) in [6.07, 6.45) is 1.35. The third kappa shape index (κ3) is 3.49. The van der Waals surface area contributed by atoms with Crippen molar-refractivity contribution in [3.05, 3.63) is 33.6 Å². The quantitative estimate of drug-likeness (QED) is 0.481. The maximum Gasteiger partial charge on any atom is 0.142 e. The molecule has 80 valence electrons. The van der Waals surface area contributed by atoms with Crippen LogP contribution in [0.25, 0.3) is 0 Å². The summed E-state index contributed by atoms with van der Waals surface area (Å²) in [5, 5.41) is 7.19. The molecule has 0 aromatic heterocycles. The normalized spacial score (nSPS) is 10.9. The molecule has 0 aliphatic rings. The summed E-state index contributed by atoms with van der Waals surface area (Å²) < 4.78 is 13.0. The number of rotatable bonds is 3. The summed E-state index contributed by atoms with van der Waals surface area (Å²) in [5.74, 6) is -0.637. The Hall–Kier alpha value is -1.13. The number of halogens is 3. The Kier molecular flexibility index (Phi) is 4.05. The molecule has 3 N–H and O–H groups in total. The topological polar surface area (TPSA) is 62.2 Å². The summed E-state index contributed by atoms with van der Waals surface area (Å²) in [5.41, 5.74) is 5.49. The maximum absolute atomic E-state index is 13.0. The fourth-order valence-electron chi connectivity index (χ4n) is 0.879. The van der Waals surface area contributed by atoms with Gasteiger partial charge in [-0.25, -0.2) is 4.39 Å². The number of nitrogens with one attached hydrogen (secondary N) is 1. The van der Waals surface area contributed by atoms with Crippen molar-refractivity contribution in [3.63, 3.8) is 0 Å². The van der Waals surface area contributed by atoms with E-state index in [2.05, 4.69) is 4.99 Å². The van der Waals surface area contributed by atoms with E-state index in [1.807, 2.05) is 0 Å². The first-order valence-corrected chi connectivity index (χ1v) is 4.73. The molecule has 0 saturated carbocycles. The molecule has 0 unspecified atom stereocenters. The number of nitrogens with zero attached hydrogens (tertiary/aromatic N) is 1. The van der Waals surface area contributed by atoms with Gasteiger partial charge in [0.25, 0.3) is 0 Å². The monoisotopic (exact) mass is 247 g/mol. The van der Waals surface area contributed by atoms with E-state index >= 15 is 0 Å². The highest BCUT2D eigenvalue weighted by Gasteiger charge is 2.04. The molecule has 3 nitrogen and oxygen atoms in total. The fraction of sp³-hybridized carbons (Fsp3) is 0.111. The molecule has 0 heterocycles. The van der Waals surface area contributed by atoms with Crippen LogP contribution in [-0.4, -0.2) is 18.6 Å². The molecule has 0 bridgehead atoms. The lowest BCUT2D eigenvalue weighted by molar-refractivity contribution is 0.628. The number of hydrogen-bond acceptors (Lipinski definition) is 2. The van der Waals surface area contributed by atoms with E-state index in [0.29, 0.717) is 10.6 Å². The zero-order chi connectivity index (χ0) is 11.4. The Balaban J connectivity index is 2.90. The number of amidine groups is 1. The van der Waals surface area contributed by atoms with Gasteiger partial charge in [-0.2, -0.15) is 0 Å². The van der Waals surface area contributed by atoms with Crippen molar-refractivity contribution in [2.45, 2.75) is 0 Å². The van der Waals surface area contributed by atoms with Crippen LogP contribution in [0, 0.1) is 11.2 Å². The summed E-state index contributed by atoms with van der Waals surface area (Å²) in [6, 6.07) is 2.47. The SMILES string of the molecule is N=C(N)CN=Cc1cc(F)c(Cl)cc1Cl. The van der Waals surface area contributed by atoms with E-state index in [1.165, 1.54) is 18.3 Å². The van der Waals surface area contributed by atoms with Crippen LogP contribution in [0.5, 0.6) is 0 Å². The molecule has 0 saturated heterocycles. The van der Waals surface area contributed by atoms with Gasteiger partial charge in [-0.05, 0) is 12.1 Å². The van der Waals surface area contributed by atoms with Crippen LogP contribution in [0.4, 0.5) is 4.39 Å². The van der Waals surface area contributed by atoms with Gasteiger partial charge in [0.1, 0.15) is 11.7 Å². The van der Waals surface area contributed by atoms with Gasteiger partial charge in [0.15, 0.2) is 0 Å². The van der Waals surface area contributed by atoms with Gasteiger partial charge < -0.3 is 5.73 Å². The van der Waals surface area contributed by atoms with Crippen molar-refractivity contribution in [1.82, 2.24) is 0 Å². The predicted octanol–water partition coefficient (Wildman–Crippen LogP) is 2.49. The van der Waals surface area contributed by atoms with Gasteiger partial charge in [-0.15, -0.1) is 0 Å². The number of benzene rings is 1. The van der Waals surface area contributed by atoms with E-state index in [0.717, 1.165) is 0 Å². The molecule has 1 rings (SSSR count). The van der Waals surface area contributed by atoms with Crippen LogP contribution >= 0.6 is 23.2 Å². The van der Waals surface area contributed by atoms with Gasteiger partial charge in [0, 0.05) is 11.8 Å². The second-order valence-corrected chi connectivity index (χ2v) is 3.60. The lowest BCUT2D eigenvalue weighted by Crippen LogP contribution is -2.13. The second kappa shape index (κ2) is 5.09. The zero-order valence-corrected chi connectivity index (χ0v) is 9.11. The molecule has 1 aromatic carbocycles. The first-order valence-electron chi connectivity index (χ1n) is 3.98. The Labute approximate surface area is 96.2 Å². The van der Waals surface area contributed by atoms with E-state index < -0.39 is 5.82 Å². The average molecular weight is 248 g/mol. The zero-order valence-electron chi connectivity index (χ0n) is 7.60. The Bertz CT molecular complexity index is 418. The van der Waals surface area contributed by atoms with Crippen molar-refractivity contribution in [2.75, 3.05) is 6.54 Å². The molecule has 0 aliphatic carbocycles. The first-order chi connectivity index (χ1) is 7.00. The molecular weight excluding hydrogens is 240 g/mol. The minimum atomic E-state index is -0.564.